The first-order chi connectivity index (χ1) is 7.58. The smallest absolute Gasteiger partial charge is 0.248 e. The molecule has 1 aromatic heterocycles. The number of hydrogen-bond donors (Lipinski definition) is 1. The largest absolute Gasteiger partial charge is 0.366 e. The molecule has 0 saturated heterocycles. The summed E-state index contributed by atoms with van der Waals surface area (Å²) in [5.41, 5.74) is 8.05. The van der Waals surface area contributed by atoms with Crippen molar-refractivity contribution in [1.29, 1.82) is 0 Å². The molecule has 0 saturated carbocycles. The second-order valence-corrected chi connectivity index (χ2v) is 5.35. The van der Waals surface area contributed by atoms with Crippen LogP contribution in [0.5, 0.6) is 0 Å². The molecule has 0 fully saturated rings. The fourth-order valence-electron chi connectivity index (χ4n) is 1.37. The Morgan fingerprint density at radius 3 is 2.81 bits per heavy atom. The zero-order valence-electron chi connectivity index (χ0n) is 8.64. The summed E-state index contributed by atoms with van der Waals surface area (Å²) in [6, 6.07) is 5.09. The van der Waals surface area contributed by atoms with E-state index in [1.54, 1.807) is 24.4 Å². The Kier molecular flexibility index (Phi) is 3.04. The molecule has 82 valence electrons. The van der Waals surface area contributed by atoms with Crippen molar-refractivity contribution in [2.75, 3.05) is 0 Å². The summed E-state index contributed by atoms with van der Waals surface area (Å²) in [6.07, 6.45) is 1.75. The summed E-state index contributed by atoms with van der Waals surface area (Å²) in [5.74, 6) is -0.448. The maximum Gasteiger partial charge on any atom is 0.248 e. The number of primary amides is 1. The van der Waals surface area contributed by atoms with Crippen molar-refractivity contribution in [3.63, 3.8) is 0 Å². The number of aromatic nitrogens is 2. The van der Waals surface area contributed by atoms with Gasteiger partial charge in [0.05, 0.1) is 26.8 Å². The van der Waals surface area contributed by atoms with Crippen LogP contribution in [0, 0.1) is 0 Å². The van der Waals surface area contributed by atoms with Crippen molar-refractivity contribution < 1.29 is 4.79 Å². The predicted octanol–water partition coefficient (Wildman–Crippen LogP) is 2.22. The number of carbonyl (C=O) groups excluding carboxylic acids is 1. The minimum atomic E-state index is -0.448. The number of fused-ring (bicyclic) bond motifs is 1. The molecule has 2 N–H and O–H groups in total. The van der Waals surface area contributed by atoms with Gasteiger partial charge in [-0.25, -0.2) is 4.98 Å². The van der Waals surface area contributed by atoms with Crippen molar-refractivity contribution in [2.45, 2.75) is 10.8 Å². The van der Waals surface area contributed by atoms with E-state index in [-0.39, 0.29) is 3.92 Å². The van der Waals surface area contributed by atoms with Crippen LogP contribution in [0.4, 0.5) is 0 Å². The van der Waals surface area contributed by atoms with Gasteiger partial charge in [-0.3, -0.25) is 9.78 Å². The second-order valence-electron chi connectivity index (χ2n) is 3.48. The van der Waals surface area contributed by atoms with E-state index in [1.165, 1.54) is 0 Å². The van der Waals surface area contributed by atoms with Crippen molar-refractivity contribution in [3.8, 4) is 0 Å². The normalized spacial score (nSPS) is 12.6. The summed E-state index contributed by atoms with van der Waals surface area (Å²) in [5, 5.41) is 0. The lowest BCUT2D eigenvalue weighted by Gasteiger charge is -2.04. The Hall–Kier alpha value is -1.24. The van der Waals surface area contributed by atoms with Gasteiger partial charge in [-0.15, -0.1) is 0 Å². The van der Waals surface area contributed by atoms with E-state index < -0.39 is 5.91 Å². The molecule has 0 aliphatic carbocycles. The maximum absolute atomic E-state index is 11.0. The highest BCUT2D eigenvalue weighted by Gasteiger charge is 2.07. The molecule has 5 heteroatoms. The van der Waals surface area contributed by atoms with Gasteiger partial charge in [0.15, 0.2) is 0 Å². The van der Waals surface area contributed by atoms with Gasteiger partial charge in [0.2, 0.25) is 5.91 Å². The predicted molar refractivity (Wildman–Crippen MR) is 70.5 cm³/mol. The van der Waals surface area contributed by atoms with E-state index in [4.69, 9.17) is 5.73 Å². The van der Waals surface area contributed by atoms with Crippen LogP contribution in [0.1, 0.15) is 26.9 Å². The van der Waals surface area contributed by atoms with Crippen LogP contribution < -0.4 is 5.73 Å². The number of nitrogens with zero attached hydrogens (tertiary/aromatic N) is 2. The summed E-state index contributed by atoms with van der Waals surface area (Å²) in [7, 11) is 0. The lowest BCUT2D eigenvalue weighted by molar-refractivity contribution is 0.100. The summed E-state index contributed by atoms with van der Waals surface area (Å²) in [4.78, 5) is 19.8. The van der Waals surface area contributed by atoms with Gasteiger partial charge in [0.1, 0.15) is 0 Å². The molecule has 0 bridgehead atoms. The number of hydrogen-bond acceptors (Lipinski definition) is 3. The number of amides is 1. The molecule has 0 radical (unpaired) electrons. The highest BCUT2D eigenvalue weighted by Crippen LogP contribution is 2.21. The van der Waals surface area contributed by atoms with Crippen LogP contribution in [0.25, 0.3) is 11.0 Å². The zero-order valence-corrected chi connectivity index (χ0v) is 10.8. The van der Waals surface area contributed by atoms with E-state index in [0.29, 0.717) is 11.1 Å². The second kappa shape index (κ2) is 4.32. The molecule has 0 aliphatic rings. The van der Waals surface area contributed by atoms with Gasteiger partial charge in [0.25, 0.3) is 0 Å². The molecule has 0 spiro atoms. The number of carbonyl (C=O) groups is 1. The van der Waals surface area contributed by atoms with Crippen LogP contribution in [0.15, 0.2) is 24.4 Å². The molecular weight excluding hydrogens is 317 g/mol. The summed E-state index contributed by atoms with van der Waals surface area (Å²) >= 11 is 2.27. The molecule has 1 unspecified atom stereocenters. The van der Waals surface area contributed by atoms with Crippen LogP contribution in [0.3, 0.4) is 0 Å². The Morgan fingerprint density at radius 1 is 1.44 bits per heavy atom. The molecule has 1 aromatic carbocycles. The molecule has 1 heterocycles. The van der Waals surface area contributed by atoms with E-state index in [2.05, 4.69) is 32.6 Å². The first-order valence-corrected chi connectivity index (χ1v) is 6.03. The van der Waals surface area contributed by atoms with Crippen LogP contribution in [0.2, 0.25) is 0 Å². The van der Waals surface area contributed by atoms with E-state index >= 15 is 0 Å². The summed E-state index contributed by atoms with van der Waals surface area (Å²) < 4.78 is 0.284. The summed E-state index contributed by atoms with van der Waals surface area (Å²) in [6.45, 7) is 2.04. The number of halogens is 1. The molecule has 4 nitrogen and oxygen atoms in total. The Bertz CT molecular complexity index is 554. The molecule has 16 heavy (non-hydrogen) atoms. The van der Waals surface area contributed by atoms with E-state index in [9.17, 15) is 4.79 Å². The third-order valence-electron chi connectivity index (χ3n) is 2.25. The Labute approximate surface area is 106 Å². The van der Waals surface area contributed by atoms with Crippen molar-refractivity contribution in [1.82, 2.24) is 9.97 Å². The van der Waals surface area contributed by atoms with Gasteiger partial charge >= 0.3 is 0 Å². The lowest BCUT2D eigenvalue weighted by Crippen LogP contribution is -2.10. The number of alkyl halides is 1. The Balaban J connectivity index is 2.61. The van der Waals surface area contributed by atoms with Gasteiger partial charge in [0, 0.05) is 5.56 Å². The molecular formula is C11H10IN3O. The Morgan fingerprint density at radius 2 is 2.19 bits per heavy atom. The lowest BCUT2D eigenvalue weighted by atomic mass is 10.2. The van der Waals surface area contributed by atoms with E-state index in [0.717, 1.165) is 11.2 Å². The first kappa shape index (κ1) is 11.3. The van der Waals surface area contributed by atoms with Gasteiger partial charge in [-0.05, 0) is 25.1 Å². The van der Waals surface area contributed by atoms with Crippen molar-refractivity contribution in [3.05, 3.63) is 35.7 Å². The number of benzene rings is 1. The number of rotatable bonds is 2. The fourth-order valence-corrected chi connectivity index (χ4v) is 1.67. The van der Waals surface area contributed by atoms with Crippen molar-refractivity contribution in [2.24, 2.45) is 5.73 Å². The molecule has 1 atom stereocenters. The SMILES string of the molecule is CC(I)c1cnc2ccc(C(N)=O)cc2n1. The fraction of sp³-hybridized carbons (Fsp3) is 0.182. The zero-order chi connectivity index (χ0) is 11.7. The first-order valence-electron chi connectivity index (χ1n) is 4.78. The van der Waals surface area contributed by atoms with E-state index in [1.807, 2.05) is 6.92 Å². The average molecular weight is 327 g/mol. The van der Waals surface area contributed by atoms with Crippen molar-refractivity contribution >= 4 is 39.5 Å². The van der Waals surface area contributed by atoms with Crippen LogP contribution in [-0.2, 0) is 0 Å². The third-order valence-corrected chi connectivity index (χ3v) is 2.89. The molecule has 0 aliphatic heterocycles. The quantitative estimate of drug-likeness (QED) is 0.679. The standard InChI is InChI=1S/C11H10IN3O/c1-6(12)10-5-14-8-3-2-7(11(13)16)4-9(8)15-10/h2-6H,1H3,(H2,13,16). The van der Waals surface area contributed by atoms with Crippen LogP contribution in [-0.4, -0.2) is 15.9 Å². The molecule has 2 rings (SSSR count). The number of nitrogens with two attached hydrogens (primary N) is 1. The van der Waals surface area contributed by atoms with Crippen LogP contribution >= 0.6 is 22.6 Å². The molecule has 1 amide bonds. The monoisotopic (exact) mass is 327 g/mol. The van der Waals surface area contributed by atoms with Gasteiger partial charge < -0.3 is 5.73 Å². The van der Waals surface area contributed by atoms with Gasteiger partial charge in [-0.1, -0.05) is 22.6 Å². The minimum Gasteiger partial charge on any atom is -0.366 e. The highest BCUT2D eigenvalue weighted by molar-refractivity contribution is 14.1. The highest BCUT2D eigenvalue weighted by atomic mass is 127. The average Bonchev–Trinajstić information content (AvgIpc) is 2.27. The third kappa shape index (κ3) is 2.13. The topological polar surface area (TPSA) is 68.9 Å². The minimum absolute atomic E-state index is 0.284. The molecule has 2 aromatic rings. The maximum atomic E-state index is 11.0. The van der Waals surface area contributed by atoms with Gasteiger partial charge in [-0.2, -0.15) is 0 Å².